The lowest BCUT2D eigenvalue weighted by Crippen LogP contribution is -2.33. The third-order valence-electron chi connectivity index (χ3n) is 4.77. The van der Waals surface area contributed by atoms with Crippen LogP contribution >= 0.6 is 22.9 Å². The Hall–Kier alpha value is -2.53. The summed E-state index contributed by atoms with van der Waals surface area (Å²) in [5.41, 5.74) is 1.12. The Bertz CT molecular complexity index is 1280. The molecule has 0 aliphatic heterocycles. The van der Waals surface area contributed by atoms with Gasteiger partial charge >= 0.3 is 0 Å². The molecular weight excluding hydrogens is 472 g/mol. The van der Waals surface area contributed by atoms with Gasteiger partial charge < -0.3 is 9.88 Å². The van der Waals surface area contributed by atoms with Crippen molar-refractivity contribution in [1.82, 2.24) is 13.9 Å². The summed E-state index contributed by atoms with van der Waals surface area (Å²) in [6.07, 6.45) is 1.20. The summed E-state index contributed by atoms with van der Waals surface area (Å²) >= 11 is 7.24. The average Bonchev–Trinajstić information content (AvgIpc) is 3.10. The number of sulfonamides is 1. The molecule has 3 rings (SSSR count). The van der Waals surface area contributed by atoms with Crippen molar-refractivity contribution in [2.24, 2.45) is 0 Å². The van der Waals surface area contributed by atoms with Crippen LogP contribution in [0.2, 0.25) is 5.02 Å². The van der Waals surface area contributed by atoms with Crippen molar-refractivity contribution in [1.29, 1.82) is 0 Å². The molecule has 32 heavy (non-hydrogen) atoms. The maximum absolute atomic E-state index is 12.7. The molecule has 0 saturated carbocycles. The Morgan fingerprint density at radius 3 is 2.44 bits per heavy atom. The van der Waals surface area contributed by atoms with E-state index in [2.05, 4.69) is 10.3 Å². The number of hydrogen-bond donors (Lipinski definition) is 1. The van der Waals surface area contributed by atoms with E-state index in [1.165, 1.54) is 27.9 Å². The number of thiazole rings is 1. The van der Waals surface area contributed by atoms with Gasteiger partial charge in [0.15, 0.2) is 5.13 Å². The summed E-state index contributed by atoms with van der Waals surface area (Å²) in [4.78, 5) is 30.1. The summed E-state index contributed by atoms with van der Waals surface area (Å²) in [5.74, 6) is -0.485. The predicted molar refractivity (Wildman–Crippen MR) is 127 cm³/mol. The van der Waals surface area contributed by atoms with Gasteiger partial charge in [-0.05, 0) is 25.1 Å². The van der Waals surface area contributed by atoms with Crippen LogP contribution in [-0.4, -0.2) is 41.3 Å². The van der Waals surface area contributed by atoms with Crippen LogP contribution in [0.5, 0.6) is 0 Å². The Kier molecular flexibility index (Phi) is 7.50. The molecule has 1 amide bonds. The monoisotopic (exact) mass is 494 g/mol. The number of aromatic nitrogens is 2. The van der Waals surface area contributed by atoms with Crippen LogP contribution in [0.1, 0.15) is 18.7 Å². The lowest BCUT2D eigenvalue weighted by molar-refractivity contribution is -0.116. The van der Waals surface area contributed by atoms with Crippen molar-refractivity contribution < 1.29 is 13.2 Å². The van der Waals surface area contributed by atoms with E-state index in [1.54, 1.807) is 26.0 Å². The molecule has 0 bridgehead atoms. The van der Waals surface area contributed by atoms with Gasteiger partial charge in [-0.1, -0.05) is 37.6 Å². The van der Waals surface area contributed by atoms with Crippen LogP contribution < -0.4 is 10.9 Å². The second-order valence-corrected chi connectivity index (χ2v) is 10.5. The Morgan fingerprint density at radius 2 is 1.81 bits per heavy atom. The van der Waals surface area contributed by atoms with E-state index in [0.717, 1.165) is 26.8 Å². The molecule has 3 aromatic rings. The second kappa shape index (κ2) is 9.95. The fourth-order valence-electron chi connectivity index (χ4n) is 3.14. The number of anilines is 1. The molecule has 2 heterocycles. The van der Waals surface area contributed by atoms with E-state index < -0.39 is 21.5 Å². The molecule has 0 aliphatic rings. The molecule has 0 aliphatic carbocycles. The molecule has 2 aromatic heterocycles. The standard InChI is InChI=1S/C21H23ClN4O4S2/c1-4-26(5-2)32(29,30)17-10-11-19(28)25(12-17)13-18(27)23-21-24-20(14(3)31-21)15-6-8-16(22)9-7-15/h6-12H,4-5,13H2,1-3H3,(H,23,24,27). The van der Waals surface area contributed by atoms with E-state index in [1.807, 2.05) is 19.1 Å². The lowest BCUT2D eigenvalue weighted by atomic mass is 10.1. The highest BCUT2D eigenvalue weighted by molar-refractivity contribution is 7.89. The maximum atomic E-state index is 12.7. The van der Waals surface area contributed by atoms with Crippen molar-refractivity contribution in [2.45, 2.75) is 32.2 Å². The normalized spacial score (nSPS) is 11.7. The highest BCUT2D eigenvalue weighted by atomic mass is 35.5. The van der Waals surface area contributed by atoms with Gasteiger partial charge in [0.05, 0.1) is 10.6 Å². The highest BCUT2D eigenvalue weighted by Crippen LogP contribution is 2.31. The molecular formula is C21H23ClN4O4S2. The van der Waals surface area contributed by atoms with Gasteiger partial charge in [0, 0.05) is 40.8 Å². The first-order valence-corrected chi connectivity index (χ1v) is 12.5. The molecule has 0 atom stereocenters. The number of hydrogen-bond acceptors (Lipinski definition) is 6. The second-order valence-electron chi connectivity index (χ2n) is 6.90. The fraction of sp³-hybridized carbons (Fsp3) is 0.286. The van der Waals surface area contributed by atoms with E-state index in [4.69, 9.17) is 11.6 Å². The van der Waals surface area contributed by atoms with E-state index in [9.17, 15) is 18.0 Å². The summed E-state index contributed by atoms with van der Waals surface area (Å²) < 4.78 is 27.8. The summed E-state index contributed by atoms with van der Waals surface area (Å²) in [6, 6.07) is 9.62. The predicted octanol–water partition coefficient (Wildman–Crippen LogP) is 3.60. The molecule has 0 saturated heterocycles. The van der Waals surface area contributed by atoms with Gasteiger partial charge in [-0.25, -0.2) is 13.4 Å². The van der Waals surface area contributed by atoms with Gasteiger partial charge in [0.2, 0.25) is 15.9 Å². The molecule has 8 nitrogen and oxygen atoms in total. The van der Waals surface area contributed by atoms with Crippen molar-refractivity contribution >= 4 is 44.0 Å². The molecule has 0 radical (unpaired) electrons. The minimum Gasteiger partial charge on any atom is -0.305 e. The number of pyridine rings is 1. The topological polar surface area (TPSA) is 101 Å². The molecule has 11 heteroatoms. The molecule has 0 spiro atoms. The van der Waals surface area contributed by atoms with E-state index in [-0.39, 0.29) is 11.4 Å². The maximum Gasteiger partial charge on any atom is 0.251 e. The third kappa shape index (κ3) is 5.26. The lowest BCUT2D eigenvalue weighted by Gasteiger charge is -2.18. The van der Waals surface area contributed by atoms with Gasteiger partial charge in [-0.15, -0.1) is 11.3 Å². The number of halogens is 1. The van der Waals surface area contributed by atoms with E-state index in [0.29, 0.717) is 23.2 Å². The van der Waals surface area contributed by atoms with Crippen LogP contribution in [0.15, 0.2) is 52.3 Å². The molecule has 170 valence electrons. The minimum absolute atomic E-state index is 0.0382. The molecule has 1 N–H and O–H groups in total. The molecule has 0 unspecified atom stereocenters. The summed E-state index contributed by atoms with van der Waals surface area (Å²) in [5, 5.41) is 3.69. The number of aryl methyl sites for hydroxylation is 1. The summed E-state index contributed by atoms with van der Waals surface area (Å²) in [7, 11) is -3.75. The van der Waals surface area contributed by atoms with Gasteiger partial charge in [0.1, 0.15) is 6.54 Å². The van der Waals surface area contributed by atoms with Crippen LogP contribution in [0.25, 0.3) is 11.3 Å². The SMILES string of the molecule is CCN(CC)S(=O)(=O)c1ccc(=O)n(CC(=O)Nc2nc(-c3ccc(Cl)cc3)c(C)s2)c1. The quantitative estimate of drug-likeness (QED) is 0.515. The number of rotatable bonds is 8. The fourth-order valence-corrected chi connectivity index (χ4v) is 5.59. The zero-order valence-electron chi connectivity index (χ0n) is 17.8. The zero-order chi connectivity index (χ0) is 23.5. The number of benzene rings is 1. The third-order valence-corrected chi connectivity index (χ3v) is 7.95. The van der Waals surface area contributed by atoms with Crippen molar-refractivity contribution in [3.05, 3.63) is 62.8 Å². The number of carbonyl (C=O) groups excluding carboxylic acids is 1. The first-order valence-electron chi connectivity index (χ1n) is 9.89. The van der Waals surface area contributed by atoms with Crippen molar-refractivity contribution in [2.75, 3.05) is 18.4 Å². The Labute approximate surface area is 195 Å². The van der Waals surface area contributed by atoms with E-state index >= 15 is 0 Å². The number of carbonyl (C=O) groups is 1. The first-order chi connectivity index (χ1) is 15.1. The number of nitrogens with zero attached hydrogens (tertiary/aromatic N) is 3. The van der Waals surface area contributed by atoms with Crippen LogP contribution in [0.4, 0.5) is 5.13 Å². The average molecular weight is 495 g/mol. The molecule has 1 aromatic carbocycles. The zero-order valence-corrected chi connectivity index (χ0v) is 20.2. The van der Waals surface area contributed by atoms with Crippen LogP contribution in [-0.2, 0) is 21.4 Å². The summed E-state index contributed by atoms with van der Waals surface area (Å²) in [6.45, 7) is 5.63. The van der Waals surface area contributed by atoms with Crippen LogP contribution in [0.3, 0.4) is 0 Å². The largest absolute Gasteiger partial charge is 0.305 e. The van der Waals surface area contributed by atoms with Crippen molar-refractivity contribution in [3.63, 3.8) is 0 Å². The van der Waals surface area contributed by atoms with Gasteiger partial charge in [-0.2, -0.15) is 4.31 Å². The van der Waals surface area contributed by atoms with Gasteiger partial charge in [-0.3, -0.25) is 9.59 Å². The first kappa shape index (κ1) is 24.1. The smallest absolute Gasteiger partial charge is 0.251 e. The molecule has 0 fully saturated rings. The highest BCUT2D eigenvalue weighted by Gasteiger charge is 2.22. The van der Waals surface area contributed by atoms with Crippen LogP contribution in [0, 0.1) is 6.92 Å². The Morgan fingerprint density at radius 1 is 1.16 bits per heavy atom. The minimum atomic E-state index is -3.75. The Balaban J connectivity index is 1.79. The number of amides is 1. The van der Waals surface area contributed by atoms with Crippen molar-refractivity contribution in [3.8, 4) is 11.3 Å². The van der Waals surface area contributed by atoms with Gasteiger partial charge in [0.25, 0.3) is 5.56 Å². The number of nitrogens with one attached hydrogen (secondary N) is 1.